The summed E-state index contributed by atoms with van der Waals surface area (Å²) in [5.74, 6) is -2.35. The Morgan fingerprint density at radius 1 is 1.48 bits per heavy atom. The smallest absolute Gasteiger partial charge is 0.281 e. The highest BCUT2D eigenvalue weighted by Crippen LogP contribution is 2.19. The number of likely N-dealkylation sites (tertiary alicyclic amines) is 1. The number of alkyl halides is 1. The molecule has 1 N–H and O–H groups in total. The van der Waals surface area contributed by atoms with Crippen LogP contribution in [0.4, 0.5) is 8.78 Å². The van der Waals surface area contributed by atoms with Gasteiger partial charge in [-0.05, 0) is 19.3 Å². The number of carbonyl (C=O) groups is 3. The fraction of sp³-hybridized carbons (Fsp3) is 0.615. The van der Waals surface area contributed by atoms with Gasteiger partial charge in [0.15, 0.2) is 6.30 Å². The van der Waals surface area contributed by atoms with Gasteiger partial charge in [-0.15, -0.1) is 0 Å². The van der Waals surface area contributed by atoms with Gasteiger partial charge in [-0.1, -0.05) is 0 Å². The molecule has 8 heteroatoms. The molecule has 0 aliphatic carbocycles. The molecule has 6 nitrogen and oxygen atoms in total. The van der Waals surface area contributed by atoms with Crippen molar-refractivity contribution in [2.75, 3.05) is 20.1 Å². The number of hydrogen-bond acceptors (Lipinski definition) is 3. The lowest BCUT2D eigenvalue weighted by molar-refractivity contribution is -0.135. The van der Waals surface area contributed by atoms with E-state index in [9.17, 15) is 23.2 Å². The summed E-state index contributed by atoms with van der Waals surface area (Å²) in [4.78, 5) is 35.6. The number of likely N-dealkylation sites (N-methyl/N-ethyl adjacent to an activating group) is 1. The highest BCUT2D eigenvalue weighted by atomic mass is 19.1. The summed E-state index contributed by atoms with van der Waals surface area (Å²) in [6, 6.07) is 0. The van der Waals surface area contributed by atoms with Gasteiger partial charge in [-0.25, -0.2) is 4.39 Å². The molecule has 0 bridgehead atoms. The van der Waals surface area contributed by atoms with Gasteiger partial charge in [-0.2, -0.15) is 4.39 Å². The zero-order chi connectivity index (χ0) is 15.8. The van der Waals surface area contributed by atoms with Gasteiger partial charge < -0.3 is 15.1 Å². The van der Waals surface area contributed by atoms with E-state index in [1.807, 2.05) is 0 Å². The van der Waals surface area contributed by atoms with Gasteiger partial charge in [0.2, 0.25) is 18.1 Å². The monoisotopic (exact) mass is 303 g/mol. The average molecular weight is 303 g/mol. The molecule has 1 aliphatic heterocycles. The van der Waals surface area contributed by atoms with Crippen LogP contribution in [0.3, 0.4) is 0 Å². The molecule has 0 spiro atoms. The lowest BCUT2D eigenvalue weighted by Gasteiger charge is -2.19. The van der Waals surface area contributed by atoms with Crippen molar-refractivity contribution in [3.05, 3.63) is 12.0 Å². The van der Waals surface area contributed by atoms with Crippen LogP contribution in [0.25, 0.3) is 0 Å². The van der Waals surface area contributed by atoms with Gasteiger partial charge in [0.25, 0.3) is 5.91 Å². The molecule has 3 amide bonds. The van der Waals surface area contributed by atoms with Crippen LogP contribution < -0.4 is 5.32 Å². The molecule has 1 aliphatic rings. The second kappa shape index (κ2) is 8.33. The molecule has 0 radical (unpaired) electrons. The van der Waals surface area contributed by atoms with Crippen LogP contribution in [-0.2, 0) is 14.4 Å². The molecular formula is C13H19F2N3O3. The summed E-state index contributed by atoms with van der Waals surface area (Å²) in [7, 11) is 1.27. The molecule has 0 saturated carbocycles. The Balaban J connectivity index is 2.40. The van der Waals surface area contributed by atoms with Crippen molar-refractivity contribution in [2.24, 2.45) is 0 Å². The quantitative estimate of drug-likeness (QED) is 0.427. The van der Waals surface area contributed by atoms with Gasteiger partial charge in [0.05, 0.1) is 0 Å². The maximum Gasteiger partial charge on any atom is 0.281 e. The van der Waals surface area contributed by atoms with Crippen LogP contribution in [0.5, 0.6) is 0 Å². The second-order valence-electron chi connectivity index (χ2n) is 4.67. The second-order valence-corrected chi connectivity index (χ2v) is 4.67. The maximum absolute atomic E-state index is 13.3. The lowest BCUT2D eigenvalue weighted by Crippen LogP contribution is -2.33. The molecule has 1 heterocycles. The van der Waals surface area contributed by atoms with Crippen molar-refractivity contribution in [3.63, 3.8) is 0 Å². The number of nitrogens with zero attached hydrogens (tertiary/aromatic N) is 2. The number of amides is 3. The molecular weight excluding hydrogens is 284 g/mol. The van der Waals surface area contributed by atoms with Crippen molar-refractivity contribution >= 4 is 18.2 Å². The number of halogens is 2. The Labute approximate surface area is 121 Å². The van der Waals surface area contributed by atoms with E-state index in [-0.39, 0.29) is 25.3 Å². The highest BCUT2D eigenvalue weighted by molar-refractivity contribution is 5.91. The van der Waals surface area contributed by atoms with E-state index < -0.39 is 18.0 Å². The van der Waals surface area contributed by atoms with Crippen LogP contribution in [0.1, 0.15) is 25.7 Å². The van der Waals surface area contributed by atoms with E-state index in [2.05, 4.69) is 5.32 Å². The number of carbonyl (C=O) groups excluding carboxylic acids is 3. The van der Waals surface area contributed by atoms with Crippen LogP contribution in [0.15, 0.2) is 12.0 Å². The molecule has 0 aromatic heterocycles. The lowest BCUT2D eigenvalue weighted by atomic mass is 10.2. The van der Waals surface area contributed by atoms with E-state index in [0.717, 1.165) is 11.1 Å². The standard InChI is InChI=1S/C13H19F2N3O3/c1-16-13(21)10(14)8-17(9-19)6-3-5-12(20)18-7-2-4-11(18)15/h8-9,11H,2-7H2,1H3,(H,16,21)/b10-8+. The van der Waals surface area contributed by atoms with Gasteiger partial charge in [-0.3, -0.25) is 14.4 Å². The third-order valence-corrected chi connectivity index (χ3v) is 3.17. The van der Waals surface area contributed by atoms with E-state index in [1.165, 1.54) is 11.9 Å². The normalized spacial score (nSPS) is 18.5. The zero-order valence-corrected chi connectivity index (χ0v) is 11.8. The SMILES string of the molecule is CNC(=O)/C(F)=C\N(C=O)CCCC(=O)N1CCCC1F. The van der Waals surface area contributed by atoms with Crippen molar-refractivity contribution < 1.29 is 23.2 Å². The Morgan fingerprint density at radius 3 is 2.71 bits per heavy atom. The third-order valence-electron chi connectivity index (χ3n) is 3.17. The van der Waals surface area contributed by atoms with Gasteiger partial charge in [0.1, 0.15) is 0 Å². The van der Waals surface area contributed by atoms with Crippen LogP contribution in [0.2, 0.25) is 0 Å². The van der Waals surface area contributed by atoms with Crippen LogP contribution in [-0.4, -0.2) is 54.5 Å². The summed E-state index contributed by atoms with van der Waals surface area (Å²) in [5, 5.41) is 2.08. The molecule has 1 atom stereocenters. The average Bonchev–Trinajstić information content (AvgIpc) is 2.91. The van der Waals surface area contributed by atoms with Gasteiger partial charge in [0, 0.05) is 32.8 Å². The van der Waals surface area contributed by atoms with Crippen molar-refractivity contribution in [3.8, 4) is 0 Å². The first kappa shape index (κ1) is 17.1. The minimum Gasteiger partial charge on any atom is -0.353 e. The van der Waals surface area contributed by atoms with Crippen molar-refractivity contribution in [2.45, 2.75) is 32.0 Å². The molecule has 21 heavy (non-hydrogen) atoms. The minimum absolute atomic E-state index is 0.0696. The molecule has 118 valence electrons. The summed E-state index contributed by atoms with van der Waals surface area (Å²) >= 11 is 0. The summed E-state index contributed by atoms with van der Waals surface area (Å²) in [5.41, 5.74) is 0. The maximum atomic E-state index is 13.3. The van der Waals surface area contributed by atoms with Crippen LogP contribution >= 0.6 is 0 Å². The summed E-state index contributed by atoms with van der Waals surface area (Å²) in [6.45, 7) is 0.479. The van der Waals surface area contributed by atoms with Crippen LogP contribution in [0, 0.1) is 0 Å². The number of rotatable bonds is 7. The molecule has 1 fully saturated rings. The first-order valence-electron chi connectivity index (χ1n) is 6.73. The summed E-state index contributed by atoms with van der Waals surface area (Å²) < 4.78 is 26.6. The molecule has 0 aromatic rings. The van der Waals surface area contributed by atoms with Gasteiger partial charge >= 0.3 is 0 Å². The number of nitrogens with one attached hydrogen (secondary N) is 1. The van der Waals surface area contributed by atoms with Crippen molar-refractivity contribution in [1.82, 2.24) is 15.1 Å². The predicted molar refractivity (Wildman–Crippen MR) is 71.1 cm³/mol. The zero-order valence-electron chi connectivity index (χ0n) is 11.8. The number of hydrogen-bond donors (Lipinski definition) is 1. The Hall–Kier alpha value is -1.99. The van der Waals surface area contributed by atoms with E-state index >= 15 is 0 Å². The minimum atomic E-state index is -1.23. The first-order valence-corrected chi connectivity index (χ1v) is 6.73. The molecule has 1 unspecified atom stereocenters. The summed E-state index contributed by atoms with van der Waals surface area (Å²) in [6.07, 6.45) is 1.23. The Bertz CT molecular complexity index is 429. The predicted octanol–water partition coefficient (Wildman–Crippen LogP) is 0.700. The van der Waals surface area contributed by atoms with E-state index in [0.29, 0.717) is 25.8 Å². The molecule has 0 aromatic carbocycles. The first-order chi connectivity index (χ1) is 9.99. The molecule has 1 saturated heterocycles. The third kappa shape index (κ3) is 5.13. The fourth-order valence-electron chi connectivity index (χ4n) is 2.03. The Morgan fingerprint density at radius 2 is 2.19 bits per heavy atom. The van der Waals surface area contributed by atoms with Crippen molar-refractivity contribution in [1.29, 1.82) is 0 Å². The largest absolute Gasteiger partial charge is 0.353 e. The molecule has 1 rings (SSSR count). The Kier molecular flexibility index (Phi) is 6.77. The van der Waals surface area contributed by atoms with E-state index in [4.69, 9.17) is 0 Å². The fourth-order valence-corrected chi connectivity index (χ4v) is 2.03. The highest BCUT2D eigenvalue weighted by Gasteiger charge is 2.27. The topological polar surface area (TPSA) is 69.7 Å². The van der Waals surface area contributed by atoms with E-state index in [1.54, 1.807) is 0 Å².